The Bertz CT molecular complexity index is 832. The molecule has 0 fully saturated rings. The average molecular weight is 354 g/mol. The van der Waals surface area contributed by atoms with Gasteiger partial charge in [0.05, 0.1) is 4.88 Å². The summed E-state index contributed by atoms with van der Waals surface area (Å²) in [6.45, 7) is 1.38. The average Bonchev–Trinajstić information content (AvgIpc) is 3.12. The summed E-state index contributed by atoms with van der Waals surface area (Å²) in [5.41, 5.74) is 1.60. The van der Waals surface area contributed by atoms with Gasteiger partial charge in [0.25, 0.3) is 5.91 Å². The number of carbonyl (C=O) groups is 1. The topological polar surface area (TPSA) is 41.1 Å². The van der Waals surface area contributed by atoms with Crippen molar-refractivity contribution in [3.63, 3.8) is 0 Å². The number of hydrogen-bond acceptors (Lipinski definition) is 3. The molecule has 3 nitrogen and oxygen atoms in total. The first kappa shape index (κ1) is 17.2. The van der Waals surface area contributed by atoms with Crippen LogP contribution in [0.2, 0.25) is 0 Å². The Labute approximate surface area is 150 Å². The second-order valence-corrected chi connectivity index (χ2v) is 6.63. The van der Waals surface area contributed by atoms with Crippen LogP contribution in [0.15, 0.2) is 66.7 Å². The molecule has 0 aliphatic rings. The molecule has 0 saturated carbocycles. The highest BCUT2D eigenvalue weighted by Gasteiger charge is 2.11. The molecule has 3 rings (SSSR count). The molecule has 1 heterocycles. The van der Waals surface area contributed by atoms with Gasteiger partial charge in [-0.2, -0.15) is 0 Å². The first-order valence-corrected chi connectivity index (χ1v) is 8.97. The lowest BCUT2D eigenvalue weighted by molar-refractivity contribution is 0.0957. The van der Waals surface area contributed by atoms with Crippen molar-refractivity contribution in [1.29, 1.82) is 0 Å². The molecule has 1 aromatic heterocycles. The van der Waals surface area contributed by atoms with Crippen molar-refractivity contribution in [1.82, 2.24) is 5.32 Å². The quantitative estimate of drug-likeness (QED) is 0.599. The minimum atomic E-state index is -0.275. The first-order valence-electron chi connectivity index (χ1n) is 8.16. The summed E-state index contributed by atoms with van der Waals surface area (Å²) in [5, 5.41) is 6.20. The standard InChI is InChI=1S/C20H19FN2OS/c21-17-10-5-4-9-16(17)18-11-12-19(25-18)20(24)23-14-6-13-22-15-7-2-1-3-8-15/h1-5,7-12,22H,6,13-14H2,(H,23,24). The van der Waals surface area contributed by atoms with Crippen LogP contribution in [-0.4, -0.2) is 19.0 Å². The first-order chi connectivity index (χ1) is 12.2. The molecule has 128 valence electrons. The molecule has 0 aliphatic heterocycles. The number of benzene rings is 2. The summed E-state index contributed by atoms with van der Waals surface area (Å²) < 4.78 is 13.8. The van der Waals surface area contributed by atoms with E-state index in [1.807, 2.05) is 30.3 Å². The van der Waals surface area contributed by atoms with Crippen LogP contribution in [0.3, 0.4) is 0 Å². The molecule has 3 aromatic rings. The molecule has 5 heteroatoms. The van der Waals surface area contributed by atoms with E-state index in [-0.39, 0.29) is 11.7 Å². The molecular weight excluding hydrogens is 335 g/mol. The number of anilines is 1. The largest absolute Gasteiger partial charge is 0.385 e. The van der Waals surface area contributed by atoms with Crippen molar-refractivity contribution in [2.24, 2.45) is 0 Å². The van der Waals surface area contributed by atoms with Crippen molar-refractivity contribution in [2.45, 2.75) is 6.42 Å². The van der Waals surface area contributed by atoms with Gasteiger partial charge >= 0.3 is 0 Å². The highest BCUT2D eigenvalue weighted by atomic mass is 32.1. The Kier molecular flexibility index (Phi) is 5.80. The van der Waals surface area contributed by atoms with Gasteiger partial charge in [0.2, 0.25) is 0 Å². The van der Waals surface area contributed by atoms with Gasteiger partial charge in [0.1, 0.15) is 5.82 Å². The van der Waals surface area contributed by atoms with Crippen LogP contribution in [0.4, 0.5) is 10.1 Å². The molecule has 25 heavy (non-hydrogen) atoms. The normalized spacial score (nSPS) is 10.4. The number of nitrogens with one attached hydrogen (secondary N) is 2. The van der Waals surface area contributed by atoms with E-state index >= 15 is 0 Å². The molecule has 0 radical (unpaired) electrons. The lowest BCUT2D eigenvalue weighted by atomic mass is 10.2. The van der Waals surface area contributed by atoms with Crippen LogP contribution >= 0.6 is 11.3 Å². The van der Waals surface area contributed by atoms with Gasteiger partial charge in [-0.25, -0.2) is 4.39 Å². The van der Waals surface area contributed by atoms with Crippen molar-refractivity contribution in [2.75, 3.05) is 18.4 Å². The third kappa shape index (κ3) is 4.67. The highest BCUT2D eigenvalue weighted by molar-refractivity contribution is 7.17. The zero-order valence-electron chi connectivity index (χ0n) is 13.7. The summed E-state index contributed by atoms with van der Waals surface area (Å²) in [4.78, 5) is 13.5. The molecule has 0 aliphatic carbocycles. The monoisotopic (exact) mass is 354 g/mol. The fourth-order valence-corrected chi connectivity index (χ4v) is 3.38. The Morgan fingerprint density at radius 2 is 1.68 bits per heavy atom. The van der Waals surface area contributed by atoms with Crippen LogP contribution < -0.4 is 10.6 Å². The third-order valence-electron chi connectivity index (χ3n) is 3.71. The molecule has 2 N–H and O–H groups in total. The summed E-state index contributed by atoms with van der Waals surface area (Å²) >= 11 is 1.30. The minimum absolute atomic E-state index is 0.118. The summed E-state index contributed by atoms with van der Waals surface area (Å²) in [6.07, 6.45) is 0.826. The maximum Gasteiger partial charge on any atom is 0.261 e. The molecule has 0 saturated heterocycles. The molecule has 1 amide bonds. The van der Waals surface area contributed by atoms with Crippen LogP contribution in [-0.2, 0) is 0 Å². The Hall–Kier alpha value is -2.66. The van der Waals surface area contributed by atoms with Crippen LogP contribution in [0.1, 0.15) is 16.1 Å². The van der Waals surface area contributed by atoms with E-state index in [4.69, 9.17) is 0 Å². The number of amides is 1. The van der Waals surface area contributed by atoms with Gasteiger partial charge in [-0.15, -0.1) is 11.3 Å². The van der Waals surface area contributed by atoms with Crippen molar-refractivity contribution in [3.8, 4) is 10.4 Å². The Morgan fingerprint density at radius 1 is 0.920 bits per heavy atom. The molecule has 0 spiro atoms. The van der Waals surface area contributed by atoms with E-state index in [2.05, 4.69) is 10.6 Å². The summed E-state index contributed by atoms with van der Waals surface area (Å²) in [7, 11) is 0. The SMILES string of the molecule is O=C(NCCCNc1ccccc1)c1ccc(-c2ccccc2F)s1. The molecule has 0 unspecified atom stereocenters. The van der Waals surface area contributed by atoms with Gasteiger partial charge in [0, 0.05) is 29.2 Å². The number of halogens is 1. The maximum atomic E-state index is 13.8. The van der Waals surface area contributed by atoms with Gasteiger partial charge in [-0.3, -0.25) is 4.79 Å². The van der Waals surface area contributed by atoms with Gasteiger partial charge < -0.3 is 10.6 Å². The second-order valence-electron chi connectivity index (χ2n) is 5.55. The summed E-state index contributed by atoms with van der Waals surface area (Å²) in [5.74, 6) is -0.393. The number of para-hydroxylation sites is 1. The zero-order chi connectivity index (χ0) is 17.5. The fourth-order valence-electron chi connectivity index (χ4n) is 2.43. The Balaban J connectivity index is 1.47. The van der Waals surface area contributed by atoms with E-state index in [0.29, 0.717) is 17.0 Å². The van der Waals surface area contributed by atoms with E-state index < -0.39 is 0 Å². The van der Waals surface area contributed by atoms with Crippen LogP contribution in [0, 0.1) is 5.82 Å². The van der Waals surface area contributed by atoms with Crippen LogP contribution in [0.5, 0.6) is 0 Å². The van der Waals surface area contributed by atoms with Gasteiger partial charge in [0.15, 0.2) is 0 Å². The predicted molar refractivity (Wildman–Crippen MR) is 102 cm³/mol. The summed E-state index contributed by atoms with van der Waals surface area (Å²) in [6, 6.07) is 20.1. The van der Waals surface area contributed by atoms with Crippen molar-refractivity contribution in [3.05, 3.63) is 77.4 Å². The second kappa shape index (κ2) is 8.44. The lowest BCUT2D eigenvalue weighted by Crippen LogP contribution is -2.25. The van der Waals surface area contributed by atoms with E-state index in [0.717, 1.165) is 23.5 Å². The molecule has 2 aromatic carbocycles. The Morgan fingerprint density at radius 3 is 2.48 bits per heavy atom. The predicted octanol–water partition coefficient (Wildman–Crippen LogP) is 4.79. The minimum Gasteiger partial charge on any atom is -0.385 e. The number of carbonyl (C=O) groups excluding carboxylic acids is 1. The lowest BCUT2D eigenvalue weighted by Gasteiger charge is -2.06. The maximum absolute atomic E-state index is 13.8. The van der Waals surface area contributed by atoms with E-state index in [1.54, 1.807) is 30.3 Å². The number of thiophene rings is 1. The van der Waals surface area contributed by atoms with Crippen LogP contribution in [0.25, 0.3) is 10.4 Å². The van der Waals surface area contributed by atoms with Gasteiger partial charge in [-0.05, 0) is 36.8 Å². The number of hydrogen-bond donors (Lipinski definition) is 2. The zero-order valence-corrected chi connectivity index (χ0v) is 14.5. The smallest absolute Gasteiger partial charge is 0.261 e. The van der Waals surface area contributed by atoms with E-state index in [1.165, 1.54) is 17.4 Å². The highest BCUT2D eigenvalue weighted by Crippen LogP contribution is 2.29. The fraction of sp³-hybridized carbons (Fsp3) is 0.150. The third-order valence-corrected chi connectivity index (χ3v) is 4.83. The molecule has 0 atom stereocenters. The molecule has 0 bridgehead atoms. The van der Waals surface area contributed by atoms with Crippen molar-refractivity contribution >= 4 is 22.9 Å². The number of rotatable bonds is 7. The molecular formula is C20H19FN2OS. The van der Waals surface area contributed by atoms with E-state index in [9.17, 15) is 9.18 Å². The van der Waals surface area contributed by atoms with Crippen molar-refractivity contribution < 1.29 is 9.18 Å². The van der Waals surface area contributed by atoms with Gasteiger partial charge in [-0.1, -0.05) is 36.4 Å².